The van der Waals surface area contributed by atoms with Gasteiger partial charge in [0, 0.05) is 17.7 Å². The van der Waals surface area contributed by atoms with Crippen LogP contribution in [0.5, 0.6) is 0 Å². The Balaban J connectivity index is 1.83. The Morgan fingerprint density at radius 2 is 1.59 bits per heavy atom. The van der Waals surface area contributed by atoms with Crippen LogP contribution in [0.15, 0.2) is 85.2 Å². The van der Waals surface area contributed by atoms with Gasteiger partial charge in [0.25, 0.3) is 0 Å². The molecule has 0 aliphatic rings. The molecule has 27 heavy (non-hydrogen) atoms. The number of nitrogens with zero attached hydrogens (tertiary/aromatic N) is 2. The third-order valence-corrected chi connectivity index (χ3v) is 5.36. The van der Waals surface area contributed by atoms with Crippen LogP contribution in [0.2, 0.25) is 0 Å². The summed E-state index contributed by atoms with van der Waals surface area (Å²) in [5, 5.41) is 0. The van der Waals surface area contributed by atoms with Gasteiger partial charge in [-0.15, -0.1) is 0 Å². The molecule has 0 aliphatic heterocycles. The number of imidazole rings is 1. The van der Waals surface area contributed by atoms with Crippen molar-refractivity contribution in [1.29, 1.82) is 0 Å². The maximum atomic E-state index is 6.16. The average Bonchev–Trinajstić information content (AvgIpc) is 3.13. The molecule has 0 radical (unpaired) electrons. The Hall–Kier alpha value is -2.91. The molecule has 1 unspecified atom stereocenters. The Morgan fingerprint density at radius 3 is 2.26 bits per heavy atom. The molecule has 0 fully saturated rings. The second-order valence-electron chi connectivity index (χ2n) is 7.74. The van der Waals surface area contributed by atoms with Gasteiger partial charge in [-0.05, 0) is 35.2 Å². The van der Waals surface area contributed by atoms with Gasteiger partial charge in [-0.1, -0.05) is 74.5 Å². The standard InChI is InChI=1S/C24H25N3/c1-24(2,17-25)22(18-9-5-3-6-10-18)20-13-14-27-21(15-20)16-26-23(27)19-11-7-4-8-12-19/h3-16,22H,17,25H2,1-2H3. The molecular formula is C24H25N3. The molecule has 4 rings (SSSR count). The van der Waals surface area contributed by atoms with E-state index < -0.39 is 0 Å². The van der Waals surface area contributed by atoms with E-state index in [4.69, 9.17) is 5.73 Å². The smallest absolute Gasteiger partial charge is 0.144 e. The van der Waals surface area contributed by atoms with Crippen LogP contribution in [0.3, 0.4) is 0 Å². The minimum atomic E-state index is -0.0536. The summed E-state index contributed by atoms with van der Waals surface area (Å²) in [4.78, 5) is 4.66. The number of benzene rings is 2. The zero-order valence-corrected chi connectivity index (χ0v) is 15.8. The first kappa shape index (κ1) is 17.5. The van der Waals surface area contributed by atoms with E-state index >= 15 is 0 Å². The molecule has 0 amide bonds. The molecule has 0 saturated carbocycles. The van der Waals surface area contributed by atoms with Gasteiger partial charge in [0.15, 0.2) is 0 Å². The second-order valence-corrected chi connectivity index (χ2v) is 7.74. The normalized spacial score (nSPS) is 13.0. The number of fused-ring (bicyclic) bond motifs is 1. The Bertz CT molecular complexity index is 1030. The first-order chi connectivity index (χ1) is 13.1. The van der Waals surface area contributed by atoms with E-state index in [0.717, 1.165) is 16.9 Å². The molecule has 136 valence electrons. The van der Waals surface area contributed by atoms with Gasteiger partial charge in [-0.2, -0.15) is 0 Å². The van der Waals surface area contributed by atoms with Crippen LogP contribution in [0.1, 0.15) is 30.9 Å². The maximum absolute atomic E-state index is 6.16. The van der Waals surface area contributed by atoms with E-state index in [9.17, 15) is 0 Å². The fourth-order valence-electron chi connectivity index (χ4n) is 3.86. The minimum Gasteiger partial charge on any atom is -0.330 e. The number of hydrogen-bond donors (Lipinski definition) is 1. The van der Waals surface area contributed by atoms with Crippen molar-refractivity contribution < 1.29 is 0 Å². The van der Waals surface area contributed by atoms with E-state index in [-0.39, 0.29) is 11.3 Å². The van der Waals surface area contributed by atoms with Crippen molar-refractivity contribution in [2.75, 3.05) is 6.54 Å². The van der Waals surface area contributed by atoms with E-state index in [1.54, 1.807) is 0 Å². The number of rotatable bonds is 5. The van der Waals surface area contributed by atoms with Gasteiger partial charge in [-0.3, -0.25) is 4.40 Å². The second kappa shape index (κ2) is 7.01. The topological polar surface area (TPSA) is 43.3 Å². The number of nitrogens with two attached hydrogens (primary N) is 1. The number of aromatic nitrogens is 2. The Kier molecular flexibility index (Phi) is 4.54. The molecule has 1 atom stereocenters. The van der Waals surface area contributed by atoms with Crippen LogP contribution in [-0.2, 0) is 0 Å². The SMILES string of the molecule is CC(C)(CN)C(c1ccccc1)c1ccn2c(-c3ccccc3)ncc2c1. The van der Waals surface area contributed by atoms with E-state index in [1.807, 2.05) is 24.4 Å². The van der Waals surface area contributed by atoms with Gasteiger partial charge in [0.05, 0.1) is 11.7 Å². The molecule has 3 nitrogen and oxygen atoms in total. The third kappa shape index (κ3) is 3.26. The summed E-state index contributed by atoms with van der Waals surface area (Å²) >= 11 is 0. The quantitative estimate of drug-likeness (QED) is 0.540. The lowest BCUT2D eigenvalue weighted by molar-refractivity contribution is 0.330. The fraction of sp³-hybridized carbons (Fsp3) is 0.208. The number of hydrogen-bond acceptors (Lipinski definition) is 2. The van der Waals surface area contributed by atoms with Gasteiger partial charge in [-0.25, -0.2) is 4.98 Å². The van der Waals surface area contributed by atoms with E-state index in [2.05, 4.69) is 84.0 Å². The molecule has 2 aromatic heterocycles. The van der Waals surface area contributed by atoms with Crippen LogP contribution < -0.4 is 5.73 Å². The summed E-state index contributed by atoms with van der Waals surface area (Å²) in [6.45, 7) is 5.09. The van der Waals surface area contributed by atoms with Crippen molar-refractivity contribution in [2.45, 2.75) is 19.8 Å². The summed E-state index contributed by atoms with van der Waals surface area (Å²) < 4.78 is 2.15. The lowest BCUT2D eigenvalue weighted by atomic mass is 9.71. The highest BCUT2D eigenvalue weighted by molar-refractivity contribution is 5.63. The average molecular weight is 355 g/mol. The maximum Gasteiger partial charge on any atom is 0.144 e. The van der Waals surface area contributed by atoms with Crippen molar-refractivity contribution in [3.05, 3.63) is 96.3 Å². The molecule has 4 aromatic rings. The largest absolute Gasteiger partial charge is 0.330 e. The summed E-state index contributed by atoms with van der Waals surface area (Å²) in [6, 6.07) is 25.4. The first-order valence-corrected chi connectivity index (χ1v) is 9.37. The van der Waals surface area contributed by atoms with Gasteiger partial charge in [0.1, 0.15) is 5.82 Å². The van der Waals surface area contributed by atoms with Crippen molar-refractivity contribution in [1.82, 2.24) is 9.38 Å². The van der Waals surface area contributed by atoms with Crippen molar-refractivity contribution >= 4 is 5.52 Å². The lowest BCUT2D eigenvalue weighted by Crippen LogP contribution is -2.31. The highest BCUT2D eigenvalue weighted by Crippen LogP contribution is 2.40. The summed E-state index contributed by atoms with van der Waals surface area (Å²) in [6.07, 6.45) is 4.08. The summed E-state index contributed by atoms with van der Waals surface area (Å²) in [5.41, 5.74) is 10.9. The molecule has 0 aliphatic carbocycles. The van der Waals surface area contributed by atoms with Crippen molar-refractivity contribution in [3.63, 3.8) is 0 Å². The predicted molar refractivity (Wildman–Crippen MR) is 112 cm³/mol. The third-order valence-electron chi connectivity index (χ3n) is 5.36. The zero-order valence-electron chi connectivity index (χ0n) is 15.8. The highest BCUT2D eigenvalue weighted by Gasteiger charge is 2.31. The van der Waals surface area contributed by atoms with Gasteiger partial charge < -0.3 is 5.73 Å². The molecule has 2 heterocycles. The molecule has 0 saturated heterocycles. The predicted octanol–water partition coefficient (Wildman–Crippen LogP) is 5.12. The van der Waals surface area contributed by atoms with Crippen LogP contribution >= 0.6 is 0 Å². The molecular weight excluding hydrogens is 330 g/mol. The monoisotopic (exact) mass is 355 g/mol. The summed E-state index contributed by atoms with van der Waals surface area (Å²) in [5.74, 6) is 1.19. The summed E-state index contributed by atoms with van der Waals surface area (Å²) in [7, 11) is 0. The van der Waals surface area contributed by atoms with Crippen molar-refractivity contribution in [3.8, 4) is 11.4 Å². The Morgan fingerprint density at radius 1 is 0.926 bits per heavy atom. The van der Waals surface area contributed by atoms with Crippen LogP contribution in [0, 0.1) is 5.41 Å². The fourth-order valence-corrected chi connectivity index (χ4v) is 3.86. The van der Waals surface area contributed by atoms with Crippen LogP contribution in [0.4, 0.5) is 0 Å². The van der Waals surface area contributed by atoms with Crippen LogP contribution in [-0.4, -0.2) is 15.9 Å². The zero-order chi connectivity index (χ0) is 18.9. The van der Waals surface area contributed by atoms with Crippen LogP contribution in [0.25, 0.3) is 16.9 Å². The molecule has 0 bridgehead atoms. The van der Waals surface area contributed by atoms with Gasteiger partial charge >= 0.3 is 0 Å². The minimum absolute atomic E-state index is 0.0536. The van der Waals surface area contributed by atoms with E-state index in [0.29, 0.717) is 6.54 Å². The lowest BCUT2D eigenvalue weighted by Gasteiger charge is -2.34. The van der Waals surface area contributed by atoms with Gasteiger partial charge in [0.2, 0.25) is 0 Å². The van der Waals surface area contributed by atoms with Crippen molar-refractivity contribution in [2.24, 2.45) is 11.1 Å². The Labute approximate surface area is 160 Å². The highest BCUT2D eigenvalue weighted by atomic mass is 15.0. The number of pyridine rings is 1. The molecule has 3 heteroatoms. The first-order valence-electron chi connectivity index (χ1n) is 9.37. The van der Waals surface area contributed by atoms with E-state index in [1.165, 1.54) is 11.1 Å². The molecule has 2 aromatic carbocycles. The molecule has 0 spiro atoms. The molecule has 2 N–H and O–H groups in total.